The van der Waals surface area contributed by atoms with E-state index >= 15 is 0 Å². The lowest BCUT2D eigenvalue weighted by Crippen LogP contribution is -2.47. The summed E-state index contributed by atoms with van der Waals surface area (Å²) in [5.74, 6) is -1.44. The Morgan fingerprint density at radius 3 is 2.30 bits per heavy atom. The number of anilines is 1. The lowest BCUT2D eigenvalue weighted by Gasteiger charge is -2.19. The second kappa shape index (κ2) is 17.4. The van der Waals surface area contributed by atoms with Crippen LogP contribution in [0.5, 0.6) is 0 Å². The maximum absolute atomic E-state index is 12.8. The number of ketones is 1. The molecule has 1 atom stereocenters. The summed E-state index contributed by atoms with van der Waals surface area (Å²) in [5, 5.41) is 10.2. The largest absolute Gasteiger partial charge is 0.352 e. The highest BCUT2D eigenvalue weighted by Gasteiger charge is 2.21. The number of carbonyl (C=O) groups is 6. The zero-order valence-corrected chi connectivity index (χ0v) is 21.1. The van der Waals surface area contributed by atoms with Crippen molar-refractivity contribution in [1.29, 1.82) is 0 Å². The Morgan fingerprint density at radius 1 is 0.973 bits per heavy atom. The molecular weight excluding hydrogens is 484 g/mol. The number of rotatable bonds is 18. The number of nitrogens with two attached hydrogens (primary N) is 1. The summed E-state index contributed by atoms with van der Waals surface area (Å²) in [7, 11) is 0. The summed E-state index contributed by atoms with van der Waals surface area (Å²) >= 11 is 0. The third kappa shape index (κ3) is 14.2. The van der Waals surface area contributed by atoms with Gasteiger partial charge >= 0.3 is 6.03 Å². The van der Waals surface area contributed by atoms with Crippen LogP contribution in [0.2, 0.25) is 0 Å². The number of amides is 6. The highest BCUT2D eigenvalue weighted by molar-refractivity contribution is 5.97. The van der Waals surface area contributed by atoms with Gasteiger partial charge in [-0.3, -0.25) is 28.8 Å². The van der Waals surface area contributed by atoms with Crippen molar-refractivity contribution in [3.63, 3.8) is 0 Å². The Balaban J connectivity index is 2.62. The Kier molecular flexibility index (Phi) is 14.6. The highest BCUT2D eigenvalue weighted by Crippen LogP contribution is 2.12. The lowest BCUT2D eigenvalue weighted by atomic mass is 10.0. The highest BCUT2D eigenvalue weighted by atomic mass is 16.6. The molecule has 1 rings (SSSR count). The number of hydrogen-bond donors (Lipinski definition) is 6. The van der Waals surface area contributed by atoms with E-state index in [0.29, 0.717) is 31.4 Å². The fourth-order valence-electron chi connectivity index (χ4n) is 3.08. The molecule has 0 radical (unpaired) electrons. The van der Waals surface area contributed by atoms with Crippen LogP contribution < -0.4 is 32.5 Å². The first-order valence-electron chi connectivity index (χ1n) is 11.9. The smallest absolute Gasteiger partial charge is 0.312 e. The van der Waals surface area contributed by atoms with Crippen molar-refractivity contribution >= 4 is 41.6 Å². The van der Waals surface area contributed by atoms with Gasteiger partial charge in [0.15, 0.2) is 0 Å². The average Bonchev–Trinajstić information content (AvgIpc) is 2.85. The summed E-state index contributed by atoms with van der Waals surface area (Å²) in [6.45, 7) is 3.61. The van der Waals surface area contributed by atoms with Crippen molar-refractivity contribution in [2.75, 3.05) is 18.4 Å². The number of Topliss-reactive ketones (excluding diaryl/α,β-unsaturated/α-hetero) is 1. The van der Waals surface area contributed by atoms with Gasteiger partial charge in [-0.1, -0.05) is 26.0 Å². The predicted octanol–water partition coefficient (Wildman–Crippen LogP) is 0.248. The van der Waals surface area contributed by atoms with Gasteiger partial charge in [0.05, 0.1) is 13.2 Å². The molecule has 37 heavy (non-hydrogen) atoms. The molecule has 0 saturated carbocycles. The number of benzene rings is 1. The van der Waals surface area contributed by atoms with Crippen LogP contribution in [-0.2, 0) is 35.4 Å². The summed E-state index contributed by atoms with van der Waals surface area (Å²) in [6, 6.07) is 5.01. The quantitative estimate of drug-likeness (QED) is 0.0905. The summed E-state index contributed by atoms with van der Waals surface area (Å²) in [6.07, 6.45) is 1.76. The molecule has 0 aliphatic carbocycles. The van der Waals surface area contributed by atoms with E-state index < -0.39 is 23.9 Å². The molecule has 7 N–H and O–H groups in total. The van der Waals surface area contributed by atoms with E-state index in [-0.39, 0.29) is 50.1 Å². The molecule has 0 aromatic heterocycles. The molecule has 1 aromatic rings. The van der Waals surface area contributed by atoms with Crippen LogP contribution in [0.4, 0.5) is 10.5 Å². The fourth-order valence-corrected chi connectivity index (χ4v) is 3.08. The van der Waals surface area contributed by atoms with Gasteiger partial charge in [0.2, 0.25) is 24.1 Å². The van der Waals surface area contributed by atoms with Crippen LogP contribution >= 0.6 is 0 Å². The zero-order valence-electron chi connectivity index (χ0n) is 21.1. The predicted molar refractivity (Wildman–Crippen MR) is 135 cm³/mol. The van der Waals surface area contributed by atoms with E-state index in [2.05, 4.69) is 26.7 Å². The lowest BCUT2D eigenvalue weighted by molar-refractivity contribution is -0.128. The number of hydroxylamine groups is 1. The van der Waals surface area contributed by atoms with E-state index in [4.69, 9.17) is 10.6 Å². The average molecular weight is 521 g/mol. The topological polar surface area (TPSA) is 198 Å². The van der Waals surface area contributed by atoms with Gasteiger partial charge in [0, 0.05) is 31.0 Å². The van der Waals surface area contributed by atoms with Crippen LogP contribution in [0.3, 0.4) is 0 Å². The van der Waals surface area contributed by atoms with Crippen LogP contribution in [0.25, 0.3) is 0 Å². The van der Waals surface area contributed by atoms with E-state index in [9.17, 15) is 28.8 Å². The summed E-state index contributed by atoms with van der Waals surface area (Å²) in [5.41, 5.74) is 8.34. The van der Waals surface area contributed by atoms with Crippen LogP contribution in [0.15, 0.2) is 24.3 Å². The standard InChI is InChI=1S/C24H36N6O7/c1-16(2)20(32)6-3-7-21(33)27-13-22(34)30-19(5-4-12-26-24(25)36)23(35)29-18-10-8-17(9-11-18)14-37-28-15-31/h8-11,15-16,19H,3-7,12-14H2,1-2H3,(H,27,33)(H,28,31)(H,29,35)(H,30,34)(H3,25,26,36). The third-order valence-corrected chi connectivity index (χ3v) is 5.13. The third-order valence-electron chi connectivity index (χ3n) is 5.13. The first-order chi connectivity index (χ1) is 17.6. The first kappa shape index (κ1) is 31.0. The molecule has 1 aromatic carbocycles. The van der Waals surface area contributed by atoms with Gasteiger partial charge in [0.25, 0.3) is 0 Å². The van der Waals surface area contributed by atoms with Crippen LogP contribution in [0, 0.1) is 5.92 Å². The molecule has 6 amide bonds. The first-order valence-corrected chi connectivity index (χ1v) is 11.9. The minimum atomic E-state index is -0.942. The Bertz CT molecular complexity index is 921. The zero-order chi connectivity index (χ0) is 27.6. The number of primary amides is 1. The molecule has 0 fully saturated rings. The van der Waals surface area contributed by atoms with Gasteiger partial charge in [-0.25, -0.2) is 10.3 Å². The minimum Gasteiger partial charge on any atom is -0.352 e. The Hall–Kier alpha value is -4.00. The second-order valence-electron chi connectivity index (χ2n) is 8.52. The Labute approximate surface area is 215 Å². The number of hydrogen-bond acceptors (Lipinski definition) is 7. The van der Waals surface area contributed by atoms with Crippen molar-refractivity contribution < 1.29 is 33.6 Å². The number of urea groups is 1. The van der Waals surface area contributed by atoms with Crippen LogP contribution in [0.1, 0.15) is 51.5 Å². The SMILES string of the molecule is CC(C)C(=O)CCCC(=O)NCC(=O)NC(CCCNC(N)=O)C(=O)Nc1ccc(CONC=O)cc1. The van der Waals surface area contributed by atoms with E-state index in [1.807, 2.05) is 0 Å². The number of carbonyl (C=O) groups excluding carboxylic acids is 6. The van der Waals surface area contributed by atoms with Crippen molar-refractivity contribution in [3.8, 4) is 0 Å². The van der Waals surface area contributed by atoms with Gasteiger partial charge in [-0.2, -0.15) is 0 Å². The fraction of sp³-hybridized carbons (Fsp3) is 0.500. The van der Waals surface area contributed by atoms with Crippen molar-refractivity contribution in [2.45, 2.75) is 58.6 Å². The van der Waals surface area contributed by atoms with Gasteiger partial charge in [0.1, 0.15) is 11.8 Å². The minimum absolute atomic E-state index is 0.0723. The molecule has 0 aliphatic heterocycles. The van der Waals surface area contributed by atoms with Crippen molar-refractivity contribution in [2.24, 2.45) is 11.7 Å². The molecule has 0 aliphatic rings. The van der Waals surface area contributed by atoms with E-state index in [1.54, 1.807) is 38.1 Å². The normalized spacial score (nSPS) is 11.2. The molecule has 204 valence electrons. The Morgan fingerprint density at radius 2 is 1.68 bits per heavy atom. The van der Waals surface area contributed by atoms with E-state index in [1.165, 1.54) is 0 Å². The number of nitrogens with one attached hydrogen (secondary N) is 5. The van der Waals surface area contributed by atoms with Crippen LogP contribution in [-0.4, -0.2) is 55.1 Å². The molecule has 0 bridgehead atoms. The maximum Gasteiger partial charge on any atom is 0.312 e. The maximum atomic E-state index is 12.8. The van der Waals surface area contributed by atoms with Gasteiger partial charge in [-0.05, 0) is 37.0 Å². The van der Waals surface area contributed by atoms with Gasteiger partial charge < -0.3 is 27.0 Å². The molecule has 0 heterocycles. The molecule has 13 heteroatoms. The molecule has 13 nitrogen and oxygen atoms in total. The summed E-state index contributed by atoms with van der Waals surface area (Å²) < 4.78 is 0. The second-order valence-corrected chi connectivity index (χ2v) is 8.52. The van der Waals surface area contributed by atoms with Crippen molar-refractivity contribution in [1.82, 2.24) is 21.4 Å². The molecular formula is C24H36N6O7. The van der Waals surface area contributed by atoms with Crippen molar-refractivity contribution in [3.05, 3.63) is 29.8 Å². The van der Waals surface area contributed by atoms with E-state index in [0.717, 1.165) is 5.56 Å². The molecule has 1 unspecified atom stereocenters. The summed E-state index contributed by atoms with van der Waals surface area (Å²) in [4.78, 5) is 74.8. The monoisotopic (exact) mass is 520 g/mol. The molecule has 0 spiro atoms. The van der Waals surface area contributed by atoms with Gasteiger partial charge in [-0.15, -0.1) is 0 Å². The molecule has 0 saturated heterocycles.